The van der Waals surface area contributed by atoms with Gasteiger partial charge in [0.2, 0.25) is 0 Å². The molecule has 2 saturated heterocycles. The van der Waals surface area contributed by atoms with Gasteiger partial charge in [-0.1, -0.05) is 36.3 Å². The Hall–Kier alpha value is -2.75. The number of allylic oxidation sites excluding steroid dienone is 3. The third kappa shape index (κ3) is 4.55. The number of carboxylic acids is 1. The van der Waals surface area contributed by atoms with Crippen molar-refractivity contribution in [1.29, 1.82) is 0 Å². The summed E-state index contributed by atoms with van der Waals surface area (Å²) in [5, 5.41) is 19.6. The smallest absolute Gasteiger partial charge is 0.330 e. The molecule has 0 aromatic rings. The highest BCUT2D eigenvalue weighted by molar-refractivity contribution is 5.84. The summed E-state index contributed by atoms with van der Waals surface area (Å²) < 4.78 is 23.2. The predicted octanol–water partition coefficient (Wildman–Crippen LogP) is 2.64. The van der Waals surface area contributed by atoms with Crippen molar-refractivity contribution in [3.8, 4) is 0 Å². The van der Waals surface area contributed by atoms with Gasteiger partial charge < -0.3 is 29.2 Å². The maximum Gasteiger partial charge on any atom is 0.330 e. The summed E-state index contributed by atoms with van der Waals surface area (Å²) in [6, 6.07) is 0. The van der Waals surface area contributed by atoms with E-state index < -0.39 is 40.4 Å². The van der Waals surface area contributed by atoms with Crippen LogP contribution in [0.3, 0.4) is 0 Å². The van der Waals surface area contributed by atoms with Gasteiger partial charge in [-0.25, -0.2) is 14.4 Å². The number of hydrogen-bond donors (Lipinski definition) is 2. The van der Waals surface area contributed by atoms with Gasteiger partial charge in [-0.3, -0.25) is 0 Å². The third-order valence-electron chi connectivity index (χ3n) is 8.41. The highest BCUT2D eigenvalue weighted by Gasteiger charge is 2.81. The Kier molecular flexibility index (Phi) is 7.28. The summed E-state index contributed by atoms with van der Waals surface area (Å²) in [5.74, 6) is -2.22. The minimum absolute atomic E-state index is 0.0663. The highest BCUT2D eigenvalue weighted by atomic mass is 16.6. The zero-order valence-electron chi connectivity index (χ0n) is 20.9. The standard InChI is InChI=1S/C27H34O9/c1-17-8-10-26(20(12-17)36-21-14-19(28)25(26,3)27(21)16-35-27)15-34-24(32)13-18(2)9-11-33-23(31)7-5-4-6-22(29)30/h4-7,12-13,19-21,28H,8-11,14-16H2,1-3H3,(H,29,30)/b6-4+,7-5+,18-13+. The first-order valence-corrected chi connectivity index (χ1v) is 12.3. The molecule has 36 heavy (non-hydrogen) atoms. The van der Waals surface area contributed by atoms with Crippen LogP contribution in [0.25, 0.3) is 0 Å². The molecule has 1 spiro atoms. The van der Waals surface area contributed by atoms with Crippen LogP contribution in [0.15, 0.2) is 47.6 Å². The summed E-state index contributed by atoms with van der Waals surface area (Å²) in [4.78, 5) is 34.7. The molecule has 2 heterocycles. The minimum Gasteiger partial charge on any atom is -0.478 e. The van der Waals surface area contributed by atoms with Crippen molar-refractivity contribution >= 4 is 17.9 Å². The maximum atomic E-state index is 12.7. The number of carbonyl (C=O) groups excluding carboxylic acids is 2. The summed E-state index contributed by atoms with van der Waals surface area (Å²) >= 11 is 0. The SMILES string of the molecule is CC1=CC2OC3CC(O)C(C)(C2(COC(=O)/C=C(\C)CCOC(=O)/C=C/C=C/C(=O)O)CC1)C31CO1. The summed E-state index contributed by atoms with van der Waals surface area (Å²) in [5.41, 5.74) is 0.201. The van der Waals surface area contributed by atoms with Gasteiger partial charge in [0.15, 0.2) is 0 Å². The minimum atomic E-state index is -1.11. The van der Waals surface area contributed by atoms with Crippen molar-refractivity contribution in [2.75, 3.05) is 19.8 Å². The van der Waals surface area contributed by atoms with E-state index in [1.54, 1.807) is 6.92 Å². The number of carbonyl (C=O) groups is 3. The van der Waals surface area contributed by atoms with Crippen molar-refractivity contribution in [3.05, 3.63) is 47.6 Å². The van der Waals surface area contributed by atoms with E-state index in [2.05, 4.69) is 19.9 Å². The average Bonchev–Trinajstić information content (AvgIpc) is 3.59. The topological polar surface area (TPSA) is 132 Å². The second kappa shape index (κ2) is 9.95. The molecule has 4 aliphatic rings. The average molecular weight is 503 g/mol. The van der Waals surface area contributed by atoms with Crippen LogP contribution in [0.4, 0.5) is 0 Å². The molecular weight excluding hydrogens is 468 g/mol. The maximum absolute atomic E-state index is 12.7. The van der Waals surface area contributed by atoms with E-state index in [1.165, 1.54) is 23.8 Å². The Bertz CT molecular complexity index is 1030. The molecule has 2 bridgehead atoms. The molecule has 9 nitrogen and oxygen atoms in total. The van der Waals surface area contributed by atoms with Crippen molar-refractivity contribution in [2.45, 2.75) is 70.4 Å². The number of hydrogen-bond acceptors (Lipinski definition) is 8. The fourth-order valence-electron chi connectivity index (χ4n) is 6.14. The summed E-state index contributed by atoms with van der Waals surface area (Å²) in [6.07, 6.45) is 9.39. The molecule has 2 N–H and O–H groups in total. The van der Waals surface area contributed by atoms with Crippen LogP contribution in [0.5, 0.6) is 0 Å². The quantitative estimate of drug-likeness (QED) is 0.161. The van der Waals surface area contributed by atoms with Crippen molar-refractivity contribution in [3.63, 3.8) is 0 Å². The molecule has 6 atom stereocenters. The Balaban J connectivity index is 1.35. The molecule has 2 aliphatic carbocycles. The van der Waals surface area contributed by atoms with E-state index in [0.717, 1.165) is 25.0 Å². The van der Waals surface area contributed by atoms with Crippen molar-refractivity contribution in [2.24, 2.45) is 10.8 Å². The molecule has 0 aromatic heterocycles. The van der Waals surface area contributed by atoms with E-state index in [1.807, 2.05) is 0 Å². The molecule has 9 heteroatoms. The second-order valence-electron chi connectivity index (χ2n) is 10.4. The molecule has 0 amide bonds. The molecule has 1 saturated carbocycles. The predicted molar refractivity (Wildman–Crippen MR) is 128 cm³/mol. The molecular formula is C27H34O9. The van der Waals surface area contributed by atoms with Gasteiger partial charge in [-0.15, -0.1) is 0 Å². The van der Waals surface area contributed by atoms with Crippen LogP contribution in [0.1, 0.15) is 46.5 Å². The number of carboxylic acid groups (broad SMARTS) is 1. The largest absolute Gasteiger partial charge is 0.478 e. The van der Waals surface area contributed by atoms with Gasteiger partial charge in [0.05, 0.1) is 31.5 Å². The molecule has 2 aliphatic heterocycles. The van der Waals surface area contributed by atoms with Gasteiger partial charge >= 0.3 is 17.9 Å². The van der Waals surface area contributed by atoms with Gasteiger partial charge in [0.1, 0.15) is 12.2 Å². The molecule has 0 radical (unpaired) electrons. The number of aliphatic carboxylic acids is 1. The highest BCUT2D eigenvalue weighted by Crippen LogP contribution is 2.71. The molecule has 196 valence electrons. The number of aliphatic hydroxyl groups excluding tert-OH is 1. The number of rotatable bonds is 9. The number of fused-ring (bicyclic) bond motifs is 2. The lowest BCUT2D eigenvalue weighted by molar-refractivity contribution is -0.229. The summed E-state index contributed by atoms with van der Waals surface area (Å²) in [7, 11) is 0. The number of ether oxygens (including phenoxy) is 4. The first-order valence-electron chi connectivity index (χ1n) is 12.3. The monoisotopic (exact) mass is 502 g/mol. The van der Waals surface area contributed by atoms with E-state index in [9.17, 15) is 19.5 Å². The molecule has 0 aromatic carbocycles. The molecule has 4 rings (SSSR count). The van der Waals surface area contributed by atoms with Crippen LogP contribution in [-0.2, 0) is 33.3 Å². The first kappa shape index (κ1) is 26.3. The Labute approximate surface area is 210 Å². The van der Waals surface area contributed by atoms with Crippen molar-refractivity contribution < 1.29 is 43.5 Å². The lowest BCUT2D eigenvalue weighted by atomic mass is 9.51. The molecule has 6 unspecified atom stereocenters. The lowest BCUT2D eigenvalue weighted by Gasteiger charge is -2.58. The summed E-state index contributed by atoms with van der Waals surface area (Å²) in [6.45, 7) is 6.59. The fourth-order valence-corrected chi connectivity index (χ4v) is 6.14. The van der Waals surface area contributed by atoms with Crippen LogP contribution in [0, 0.1) is 10.8 Å². The Morgan fingerprint density at radius 3 is 2.61 bits per heavy atom. The van der Waals surface area contributed by atoms with Crippen LogP contribution < -0.4 is 0 Å². The van der Waals surface area contributed by atoms with Crippen LogP contribution >= 0.6 is 0 Å². The normalized spacial score (nSPS) is 37.2. The lowest BCUT2D eigenvalue weighted by Crippen LogP contribution is -2.66. The van der Waals surface area contributed by atoms with Gasteiger partial charge in [0, 0.05) is 41.9 Å². The Morgan fingerprint density at radius 1 is 1.19 bits per heavy atom. The van der Waals surface area contributed by atoms with E-state index in [-0.39, 0.29) is 25.4 Å². The van der Waals surface area contributed by atoms with Gasteiger partial charge in [0.25, 0.3) is 0 Å². The first-order chi connectivity index (χ1) is 17.0. The molecule has 3 fully saturated rings. The third-order valence-corrected chi connectivity index (χ3v) is 8.41. The van der Waals surface area contributed by atoms with Crippen LogP contribution in [0.2, 0.25) is 0 Å². The van der Waals surface area contributed by atoms with E-state index in [4.69, 9.17) is 24.1 Å². The zero-order valence-corrected chi connectivity index (χ0v) is 20.9. The second-order valence-corrected chi connectivity index (χ2v) is 10.4. The van der Waals surface area contributed by atoms with Gasteiger partial charge in [-0.05, 0) is 26.7 Å². The number of esters is 2. The van der Waals surface area contributed by atoms with Crippen molar-refractivity contribution in [1.82, 2.24) is 0 Å². The fraction of sp³-hybridized carbons (Fsp3) is 0.593. The number of epoxide rings is 1. The number of aliphatic hydroxyl groups is 1. The van der Waals surface area contributed by atoms with E-state index in [0.29, 0.717) is 25.0 Å². The Morgan fingerprint density at radius 2 is 1.92 bits per heavy atom. The van der Waals surface area contributed by atoms with Gasteiger partial charge in [-0.2, -0.15) is 0 Å². The van der Waals surface area contributed by atoms with E-state index >= 15 is 0 Å². The zero-order chi connectivity index (χ0) is 26.1. The van der Waals surface area contributed by atoms with Crippen LogP contribution in [-0.4, -0.2) is 71.9 Å².